The van der Waals surface area contributed by atoms with Gasteiger partial charge in [-0.1, -0.05) is 13.3 Å². The number of carbonyl (C=O) groups is 2. The Morgan fingerprint density at radius 2 is 1.93 bits per heavy atom. The number of anilines is 1. The molecule has 2 aliphatic rings. The second kappa shape index (κ2) is 9.23. The molecule has 2 amide bonds. The lowest BCUT2D eigenvalue weighted by Crippen LogP contribution is -2.48. The average molecular weight is 424 g/mol. The number of amides is 2. The summed E-state index contributed by atoms with van der Waals surface area (Å²) < 4.78 is 32.5. The van der Waals surface area contributed by atoms with Crippen molar-refractivity contribution in [2.45, 2.75) is 50.0 Å². The van der Waals surface area contributed by atoms with Crippen LogP contribution in [0, 0.1) is 0 Å². The molecule has 160 valence electrons. The minimum absolute atomic E-state index is 0.165. The van der Waals surface area contributed by atoms with Crippen molar-refractivity contribution in [2.24, 2.45) is 0 Å². The molecule has 1 atom stereocenters. The Bertz CT molecular complexity index is 865. The molecule has 1 aromatic rings. The number of hydrogen-bond donors (Lipinski definition) is 1. The third kappa shape index (κ3) is 4.46. The van der Waals surface area contributed by atoms with Crippen LogP contribution in [0.3, 0.4) is 0 Å². The standard InChI is InChI=1S/C20H29N3O5S/c1-3-19(24)23-17-8-7-16(29(26,27)22-10-5-4-6-11-22)13-15(17)14-18(23)20(25)21-9-12-28-2/h7-8,13,18H,3-6,9-12,14H2,1-2H3,(H,21,25)/t18-/m1/s1. The first kappa shape index (κ1) is 21.7. The monoisotopic (exact) mass is 423 g/mol. The van der Waals surface area contributed by atoms with E-state index in [0.717, 1.165) is 19.3 Å². The van der Waals surface area contributed by atoms with Crippen LogP contribution in [-0.4, -0.2) is 63.9 Å². The molecule has 2 aliphatic heterocycles. The molecule has 0 radical (unpaired) electrons. The van der Waals surface area contributed by atoms with Crippen molar-refractivity contribution in [1.82, 2.24) is 9.62 Å². The lowest BCUT2D eigenvalue weighted by Gasteiger charge is -2.26. The van der Waals surface area contributed by atoms with Crippen LogP contribution in [0.4, 0.5) is 5.69 Å². The molecule has 3 rings (SSSR count). The number of nitrogens with zero attached hydrogens (tertiary/aromatic N) is 2. The number of hydrogen-bond acceptors (Lipinski definition) is 5. The lowest BCUT2D eigenvalue weighted by atomic mass is 10.1. The normalized spacial score (nSPS) is 19.8. The number of rotatable bonds is 7. The van der Waals surface area contributed by atoms with Gasteiger partial charge in [0.05, 0.1) is 11.5 Å². The highest BCUT2D eigenvalue weighted by molar-refractivity contribution is 7.89. The Kier molecular flexibility index (Phi) is 6.92. The predicted molar refractivity (Wildman–Crippen MR) is 109 cm³/mol. The summed E-state index contributed by atoms with van der Waals surface area (Å²) in [5.74, 6) is -0.428. The zero-order valence-electron chi connectivity index (χ0n) is 17.0. The second-order valence-electron chi connectivity index (χ2n) is 7.38. The van der Waals surface area contributed by atoms with Crippen molar-refractivity contribution in [3.8, 4) is 0 Å². The molecule has 0 aromatic heterocycles. The molecule has 1 fully saturated rings. The van der Waals surface area contributed by atoms with E-state index in [1.54, 1.807) is 32.2 Å². The molecule has 0 spiro atoms. The van der Waals surface area contributed by atoms with E-state index in [4.69, 9.17) is 4.74 Å². The molecule has 2 heterocycles. The molecule has 9 heteroatoms. The molecular formula is C20H29N3O5S. The van der Waals surface area contributed by atoms with E-state index < -0.39 is 16.1 Å². The van der Waals surface area contributed by atoms with Crippen molar-refractivity contribution in [1.29, 1.82) is 0 Å². The highest BCUT2D eigenvalue weighted by Gasteiger charge is 2.38. The zero-order valence-corrected chi connectivity index (χ0v) is 17.8. The molecule has 29 heavy (non-hydrogen) atoms. The number of methoxy groups -OCH3 is 1. The quantitative estimate of drug-likeness (QED) is 0.667. The fraction of sp³-hybridized carbons (Fsp3) is 0.600. The highest BCUT2D eigenvalue weighted by Crippen LogP contribution is 2.35. The summed E-state index contributed by atoms with van der Waals surface area (Å²) in [6.45, 7) is 3.54. The summed E-state index contributed by atoms with van der Waals surface area (Å²) >= 11 is 0. The topological polar surface area (TPSA) is 96.0 Å². The van der Waals surface area contributed by atoms with E-state index in [1.807, 2.05) is 0 Å². The van der Waals surface area contributed by atoms with Crippen LogP contribution in [0.1, 0.15) is 38.2 Å². The fourth-order valence-corrected chi connectivity index (χ4v) is 5.49. The minimum Gasteiger partial charge on any atom is -0.383 e. The van der Waals surface area contributed by atoms with Crippen LogP contribution in [0.5, 0.6) is 0 Å². The van der Waals surface area contributed by atoms with Gasteiger partial charge in [-0.05, 0) is 36.6 Å². The highest BCUT2D eigenvalue weighted by atomic mass is 32.2. The van der Waals surface area contributed by atoms with Crippen molar-refractivity contribution < 1.29 is 22.7 Å². The largest absolute Gasteiger partial charge is 0.383 e. The first-order chi connectivity index (χ1) is 13.9. The first-order valence-electron chi connectivity index (χ1n) is 10.1. The van der Waals surface area contributed by atoms with Crippen LogP contribution in [0.2, 0.25) is 0 Å². The van der Waals surface area contributed by atoms with Crippen LogP contribution in [-0.2, 0) is 30.8 Å². The fourth-order valence-electron chi connectivity index (χ4n) is 3.93. The number of nitrogens with one attached hydrogen (secondary N) is 1. The van der Waals surface area contributed by atoms with Gasteiger partial charge in [0.25, 0.3) is 0 Å². The van der Waals surface area contributed by atoms with Gasteiger partial charge in [0.1, 0.15) is 6.04 Å². The van der Waals surface area contributed by atoms with Gasteiger partial charge in [-0.2, -0.15) is 4.31 Å². The Morgan fingerprint density at radius 3 is 2.59 bits per heavy atom. The van der Waals surface area contributed by atoms with Gasteiger partial charge in [-0.25, -0.2) is 8.42 Å². The smallest absolute Gasteiger partial charge is 0.243 e. The Labute approximate surface area is 172 Å². The third-order valence-corrected chi connectivity index (χ3v) is 7.36. The van der Waals surface area contributed by atoms with Crippen LogP contribution in [0.15, 0.2) is 23.1 Å². The summed E-state index contributed by atoms with van der Waals surface area (Å²) in [6.07, 6.45) is 3.34. The SMILES string of the molecule is CCC(=O)N1c2ccc(S(=O)(=O)N3CCCCC3)cc2C[C@@H]1C(=O)NCCOC. The molecule has 0 saturated carbocycles. The summed E-state index contributed by atoms with van der Waals surface area (Å²) in [4.78, 5) is 26.9. The lowest BCUT2D eigenvalue weighted by molar-refractivity contribution is -0.126. The van der Waals surface area contributed by atoms with E-state index in [1.165, 1.54) is 9.21 Å². The molecule has 8 nitrogen and oxygen atoms in total. The molecule has 1 aromatic carbocycles. The van der Waals surface area contributed by atoms with Crippen molar-refractivity contribution in [3.05, 3.63) is 23.8 Å². The first-order valence-corrected chi connectivity index (χ1v) is 11.6. The summed E-state index contributed by atoms with van der Waals surface area (Å²) in [5, 5.41) is 2.78. The van der Waals surface area contributed by atoms with E-state index in [2.05, 4.69) is 5.32 Å². The maximum atomic E-state index is 13.0. The van der Waals surface area contributed by atoms with Crippen LogP contribution in [0.25, 0.3) is 0 Å². The second-order valence-corrected chi connectivity index (χ2v) is 9.31. The van der Waals surface area contributed by atoms with Gasteiger partial charge >= 0.3 is 0 Å². The number of sulfonamides is 1. The molecule has 1 saturated heterocycles. The van der Waals surface area contributed by atoms with E-state index in [0.29, 0.717) is 43.9 Å². The van der Waals surface area contributed by atoms with E-state index in [-0.39, 0.29) is 23.1 Å². The summed E-state index contributed by atoms with van der Waals surface area (Å²) in [7, 11) is -2.02. The average Bonchev–Trinajstić information content (AvgIpc) is 3.13. The van der Waals surface area contributed by atoms with Gasteiger partial charge in [0, 0.05) is 45.3 Å². The van der Waals surface area contributed by atoms with Gasteiger partial charge in [0.15, 0.2) is 0 Å². The Balaban J connectivity index is 1.88. The van der Waals surface area contributed by atoms with Gasteiger partial charge in [0.2, 0.25) is 21.8 Å². The van der Waals surface area contributed by atoms with Gasteiger partial charge in [-0.3, -0.25) is 14.5 Å². The van der Waals surface area contributed by atoms with Gasteiger partial charge < -0.3 is 10.1 Å². The molecule has 0 aliphatic carbocycles. The maximum Gasteiger partial charge on any atom is 0.243 e. The number of benzene rings is 1. The predicted octanol–water partition coefficient (Wildman–Crippen LogP) is 1.29. The number of fused-ring (bicyclic) bond motifs is 1. The summed E-state index contributed by atoms with van der Waals surface area (Å²) in [5.41, 5.74) is 1.32. The number of ether oxygens (including phenoxy) is 1. The molecule has 1 N–H and O–H groups in total. The number of carbonyl (C=O) groups excluding carboxylic acids is 2. The molecule has 0 unspecified atom stereocenters. The van der Waals surface area contributed by atoms with Crippen LogP contribution < -0.4 is 10.2 Å². The molecular weight excluding hydrogens is 394 g/mol. The maximum absolute atomic E-state index is 13.0. The van der Waals surface area contributed by atoms with Crippen LogP contribution >= 0.6 is 0 Å². The number of piperidine rings is 1. The third-order valence-electron chi connectivity index (χ3n) is 5.47. The molecule has 0 bridgehead atoms. The van der Waals surface area contributed by atoms with Crippen molar-refractivity contribution in [2.75, 3.05) is 38.3 Å². The van der Waals surface area contributed by atoms with Crippen molar-refractivity contribution in [3.63, 3.8) is 0 Å². The minimum atomic E-state index is -3.57. The van der Waals surface area contributed by atoms with Crippen molar-refractivity contribution >= 4 is 27.5 Å². The van der Waals surface area contributed by atoms with E-state index in [9.17, 15) is 18.0 Å². The Morgan fingerprint density at radius 1 is 1.21 bits per heavy atom. The van der Waals surface area contributed by atoms with E-state index >= 15 is 0 Å². The Hall–Kier alpha value is -1.97. The zero-order chi connectivity index (χ0) is 21.0. The summed E-state index contributed by atoms with van der Waals surface area (Å²) in [6, 6.07) is 4.14. The van der Waals surface area contributed by atoms with Gasteiger partial charge in [-0.15, -0.1) is 0 Å².